The van der Waals surface area contributed by atoms with Gasteiger partial charge in [-0.15, -0.1) is 0 Å². The van der Waals surface area contributed by atoms with Crippen molar-refractivity contribution in [1.82, 2.24) is 5.32 Å². The highest BCUT2D eigenvalue weighted by Gasteiger charge is 2.50. The van der Waals surface area contributed by atoms with Gasteiger partial charge in [-0.1, -0.05) is 24.6 Å². The minimum absolute atomic E-state index is 0.0564. The molecule has 124 valence electrons. The molecular weight excluding hydrogens is 290 g/mol. The molecule has 23 heavy (non-hydrogen) atoms. The second-order valence-corrected chi connectivity index (χ2v) is 6.96. The van der Waals surface area contributed by atoms with Crippen molar-refractivity contribution in [1.29, 1.82) is 0 Å². The Morgan fingerprint density at radius 3 is 2.87 bits per heavy atom. The van der Waals surface area contributed by atoms with E-state index in [4.69, 9.17) is 4.74 Å². The van der Waals surface area contributed by atoms with E-state index in [0.29, 0.717) is 6.42 Å². The molecule has 1 N–H and O–H groups in total. The summed E-state index contributed by atoms with van der Waals surface area (Å²) in [6.45, 7) is 6.85. The molecule has 4 nitrogen and oxygen atoms in total. The van der Waals surface area contributed by atoms with E-state index in [2.05, 4.69) is 18.3 Å². The molecule has 1 aliphatic heterocycles. The number of carbonyl (C=O) groups is 2. The van der Waals surface area contributed by atoms with Gasteiger partial charge < -0.3 is 10.1 Å². The van der Waals surface area contributed by atoms with Gasteiger partial charge in [0.25, 0.3) is 0 Å². The summed E-state index contributed by atoms with van der Waals surface area (Å²) >= 11 is 0. The van der Waals surface area contributed by atoms with Crippen molar-refractivity contribution in [3.8, 4) is 0 Å². The third-order valence-corrected chi connectivity index (χ3v) is 5.39. The lowest BCUT2D eigenvalue weighted by atomic mass is 9.74. The molecule has 3 rings (SSSR count). The van der Waals surface area contributed by atoms with Crippen LogP contribution in [0.2, 0.25) is 0 Å². The van der Waals surface area contributed by atoms with Crippen LogP contribution in [0, 0.1) is 5.41 Å². The van der Waals surface area contributed by atoms with Crippen molar-refractivity contribution < 1.29 is 14.3 Å². The van der Waals surface area contributed by atoms with Crippen LogP contribution in [0.5, 0.6) is 0 Å². The van der Waals surface area contributed by atoms with Crippen LogP contribution < -0.4 is 5.32 Å². The first-order valence-electron chi connectivity index (χ1n) is 8.54. The highest BCUT2D eigenvalue weighted by atomic mass is 16.5. The molecule has 0 saturated carbocycles. The topological polar surface area (TPSA) is 55.4 Å². The largest absolute Gasteiger partial charge is 0.459 e. The molecule has 4 heteroatoms. The van der Waals surface area contributed by atoms with E-state index in [1.54, 1.807) is 6.08 Å². The minimum atomic E-state index is -0.756. The van der Waals surface area contributed by atoms with Gasteiger partial charge in [0, 0.05) is 6.42 Å². The zero-order valence-electron chi connectivity index (χ0n) is 14.1. The van der Waals surface area contributed by atoms with Crippen molar-refractivity contribution in [2.75, 3.05) is 6.54 Å². The normalized spacial score (nSPS) is 33.5. The Morgan fingerprint density at radius 2 is 2.22 bits per heavy atom. The molecule has 0 amide bonds. The van der Waals surface area contributed by atoms with Crippen molar-refractivity contribution in [3.05, 3.63) is 34.9 Å². The molecule has 0 aromatic rings. The standard InChI is InChI=1S/C19H25NO3/c1-4-13-11-16(21)19(3)14(13)8-7-12(2)10-17(19)23-18(22)15-6-5-9-20-15/h7-8,11,15,17,20H,4-6,9-10H2,1-3H3. The minimum Gasteiger partial charge on any atom is -0.459 e. The van der Waals surface area contributed by atoms with Crippen LogP contribution in [0.25, 0.3) is 0 Å². The summed E-state index contributed by atoms with van der Waals surface area (Å²) < 4.78 is 5.87. The van der Waals surface area contributed by atoms with E-state index in [-0.39, 0.29) is 17.8 Å². The number of carbonyl (C=O) groups excluding carboxylic acids is 2. The predicted molar refractivity (Wildman–Crippen MR) is 88.8 cm³/mol. The van der Waals surface area contributed by atoms with Gasteiger partial charge in [0.05, 0.1) is 5.41 Å². The fraction of sp³-hybridized carbons (Fsp3) is 0.579. The molecule has 1 fully saturated rings. The average molecular weight is 315 g/mol. The first-order chi connectivity index (χ1) is 11.0. The maximum absolute atomic E-state index is 12.7. The first kappa shape index (κ1) is 16.2. The quantitative estimate of drug-likeness (QED) is 0.814. The smallest absolute Gasteiger partial charge is 0.323 e. The van der Waals surface area contributed by atoms with Gasteiger partial charge in [0.2, 0.25) is 0 Å². The maximum Gasteiger partial charge on any atom is 0.323 e. The highest BCUT2D eigenvalue weighted by molar-refractivity contribution is 6.03. The van der Waals surface area contributed by atoms with Gasteiger partial charge in [0.1, 0.15) is 12.1 Å². The summed E-state index contributed by atoms with van der Waals surface area (Å²) in [6, 6.07) is -0.228. The van der Waals surface area contributed by atoms with Gasteiger partial charge in [-0.25, -0.2) is 0 Å². The van der Waals surface area contributed by atoms with E-state index < -0.39 is 11.5 Å². The Labute approximate surface area is 137 Å². The highest BCUT2D eigenvalue weighted by Crippen LogP contribution is 2.47. The molecule has 3 aliphatic rings. The van der Waals surface area contributed by atoms with E-state index in [0.717, 1.165) is 42.5 Å². The number of hydrogen-bond acceptors (Lipinski definition) is 4. The van der Waals surface area contributed by atoms with Crippen molar-refractivity contribution in [2.24, 2.45) is 5.41 Å². The summed E-state index contributed by atoms with van der Waals surface area (Å²) in [7, 11) is 0. The molecule has 3 atom stereocenters. The molecule has 2 aliphatic carbocycles. The molecule has 0 radical (unpaired) electrons. The van der Waals surface area contributed by atoms with Crippen LogP contribution in [0.3, 0.4) is 0 Å². The van der Waals surface area contributed by atoms with Crippen LogP contribution in [-0.4, -0.2) is 30.4 Å². The summed E-state index contributed by atoms with van der Waals surface area (Å²) in [5.74, 6) is -0.165. The molecular formula is C19H25NO3. The molecule has 3 unspecified atom stereocenters. The van der Waals surface area contributed by atoms with E-state index in [9.17, 15) is 9.59 Å². The van der Waals surface area contributed by atoms with Crippen molar-refractivity contribution in [3.63, 3.8) is 0 Å². The number of ketones is 1. The number of esters is 1. The average Bonchev–Trinajstić information content (AvgIpc) is 3.10. The van der Waals surface area contributed by atoms with Crippen LogP contribution >= 0.6 is 0 Å². The molecule has 1 saturated heterocycles. The van der Waals surface area contributed by atoms with Crippen LogP contribution in [-0.2, 0) is 14.3 Å². The Kier molecular flexibility index (Phi) is 4.28. The summed E-state index contributed by atoms with van der Waals surface area (Å²) in [5, 5.41) is 3.17. The Balaban J connectivity index is 1.90. The SMILES string of the molecule is CCC1=CC(=O)C2(C)C1=CC=C(C)CC2OC(=O)C1CCCN1. The predicted octanol–water partition coefficient (Wildman–Crippen LogP) is 2.85. The van der Waals surface area contributed by atoms with Crippen molar-refractivity contribution >= 4 is 11.8 Å². The zero-order chi connectivity index (χ0) is 16.6. The number of nitrogens with one attached hydrogen (secondary N) is 1. The lowest BCUT2D eigenvalue weighted by molar-refractivity contribution is -0.157. The summed E-state index contributed by atoms with van der Waals surface area (Å²) in [6.07, 6.45) is 8.61. The van der Waals surface area contributed by atoms with Crippen molar-refractivity contribution in [2.45, 2.75) is 58.6 Å². The number of allylic oxidation sites excluding steroid dienone is 4. The van der Waals surface area contributed by atoms with Gasteiger partial charge in [0.15, 0.2) is 5.78 Å². The summed E-state index contributed by atoms with van der Waals surface area (Å²) in [5.41, 5.74) is 2.45. The van der Waals surface area contributed by atoms with Crippen LogP contribution in [0.4, 0.5) is 0 Å². The Morgan fingerprint density at radius 1 is 1.43 bits per heavy atom. The lowest BCUT2D eigenvalue weighted by Crippen LogP contribution is -2.44. The zero-order valence-corrected chi connectivity index (χ0v) is 14.1. The maximum atomic E-state index is 12.7. The second kappa shape index (κ2) is 6.08. The number of hydrogen-bond donors (Lipinski definition) is 1. The fourth-order valence-corrected chi connectivity index (χ4v) is 3.81. The van der Waals surface area contributed by atoms with Gasteiger partial charge in [-0.2, -0.15) is 0 Å². The Hall–Kier alpha value is -1.68. The van der Waals surface area contributed by atoms with E-state index >= 15 is 0 Å². The Bertz CT molecular complexity index is 623. The third kappa shape index (κ3) is 2.69. The van der Waals surface area contributed by atoms with Crippen LogP contribution in [0.15, 0.2) is 34.9 Å². The lowest BCUT2D eigenvalue weighted by Gasteiger charge is -2.34. The second-order valence-electron chi connectivity index (χ2n) is 6.96. The van der Waals surface area contributed by atoms with Gasteiger partial charge >= 0.3 is 5.97 Å². The monoisotopic (exact) mass is 315 g/mol. The number of rotatable bonds is 3. The molecule has 0 spiro atoms. The fourth-order valence-electron chi connectivity index (χ4n) is 3.81. The molecule has 0 aromatic carbocycles. The summed E-state index contributed by atoms with van der Waals surface area (Å²) in [4.78, 5) is 25.2. The third-order valence-electron chi connectivity index (χ3n) is 5.39. The van der Waals surface area contributed by atoms with Gasteiger partial charge in [-0.3, -0.25) is 9.59 Å². The molecule has 0 bridgehead atoms. The number of ether oxygens (including phenoxy) is 1. The molecule has 1 heterocycles. The first-order valence-corrected chi connectivity index (χ1v) is 8.54. The van der Waals surface area contributed by atoms with Crippen LogP contribution in [0.1, 0.15) is 46.5 Å². The molecule has 0 aromatic heterocycles. The number of fused-ring (bicyclic) bond motifs is 1. The van der Waals surface area contributed by atoms with Gasteiger partial charge in [-0.05, 0) is 56.9 Å². The van der Waals surface area contributed by atoms with E-state index in [1.165, 1.54) is 0 Å². The van der Waals surface area contributed by atoms with E-state index in [1.807, 2.05) is 19.9 Å².